The zero-order valence-corrected chi connectivity index (χ0v) is 16.9. The molecular formula is C19H22ClN3O5. The standard InChI is InChI=1S/C19H22ClN3O5/c1-10-16(11(2)23(4)22-10)21-18(24)12(3)28-19(25)13-8-14(20)17-15(9-13)26-6-5-7-27-17/h8-9,12H,5-7H2,1-4H3,(H,21,24). The molecular weight excluding hydrogens is 386 g/mol. The Morgan fingerprint density at radius 3 is 2.68 bits per heavy atom. The van der Waals surface area contributed by atoms with Gasteiger partial charge < -0.3 is 19.5 Å². The van der Waals surface area contributed by atoms with Crippen molar-refractivity contribution in [3.8, 4) is 11.5 Å². The number of carbonyl (C=O) groups is 2. The molecule has 9 heteroatoms. The third-order valence-electron chi connectivity index (χ3n) is 4.45. The topological polar surface area (TPSA) is 91.7 Å². The monoisotopic (exact) mass is 407 g/mol. The summed E-state index contributed by atoms with van der Waals surface area (Å²) < 4.78 is 18.1. The van der Waals surface area contributed by atoms with E-state index in [1.807, 2.05) is 6.92 Å². The van der Waals surface area contributed by atoms with Gasteiger partial charge in [0.05, 0.1) is 40.9 Å². The number of ether oxygens (including phenoxy) is 3. The van der Waals surface area contributed by atoms with E-state index in [4.69, 9.17) is 25.8 Å². The summed E-state index contributed by atoms with van der Waals surface area (Å²) in [6.45, 7) is 6.08. The second-order valence-corrected chi connectivity index (χ2v) is 6.95. The van der Waals surface area contributed by atoms with E-state index in [2.05, 4.69) is 10.4 Å². The highest BCUT2D eigenvalue weighted by atomic mass is 35.5. The number of hydrogen-bond acceptors (Lipinski definition) is 6. The van der Waals surface area contributed by atoms with Gasteiger partial charge in [-0.1, -0.05) is 11.6 Å². The van der Waals surface area contributed by atoms with Crippen LogP contribution >= 0.6 is 11.6 Å². The van der Waals surface area contributed by atoms with Crippen LogP contribution in [0.3, 0.4) is 0 Å². The quantitative estimate of drug-likeness (QED) is 0.783. The van der Waals surface area contributed by atoms with E-state index >= 15 is 0 Å². The fourth-order valence-electron chi connectivity index (χ4n) is 2.81. The lowest BCUT2D eigenvalue weighted by Crippen LogP contribution is -2.30. The Morgan fingerprint density at radius 2 is 2.00 bits per heavy atom. The Bertz CT molecular complexity index is 925. The highest BCUT2D eigenvalue weighted by Crippen LogP contribution is 2.38. The number of nitrogens with one attached hydrogen (secondary N) is 1. The molecule has 0 radical (unpaired) electrons. The lowest BCUT2D eigenvalue weighted by atomic mass is 10.2. The SMILES string of the molecule is Cc1nn(C)c(C)c1NC(=O)C(C)OC(=O)c1cc(Cl)c2c(c1)OCCCO2. The lowest BCUT2D eigenvalue weighted by molar-refractivity contribution is -0.123. The van der Waals surface area contributed by atoms with E-state index in [-0.39, 0.29) is 10.6 Å². The van der Waals surface area contributed by atoms with Crippen LogP contribution in [0.1, 0.15) is 35.1 Å². The molecule has 1 aliphatic heterocycles. The predicted molar refractivity (Wildman–Crippen MR) is 103 cm³/mol. The first kappa shape index (κ1) is 20.0. The van der Waals surface area contributed by atoms with Gasteiger partial charge in [0.15, 0.2) is 17.6 Å². The number of aryl methyl sites for hydroxylation is 2. The molecule has 28 heavy (non-hydrogen) atoms. The Hall–Kier alpha value is -2.74. The normalized spacial score (nSPS) is 14.2. The van der Waals surface area contributed by atoms with Crippen molar-refractivity contribution in [2.45, 2.75) is 33.3 Å². The molecule has 1 amide bonds. The highest BCUT2D eigenvalue weighted by molar-refractivity contribution is 6.32. The number of aromatic nitrogens is 2. The summed E-state index contributed by atoms with van der Waals surface area (Å²) in [7, 11) is 1.79. The molecule has 0 aliphatic carbocycles. The minimum Gasteiger partial charge on any atom is -0.489 e. The summed E-state index contributed by atoms with van der Waals surface area (Å²) in [6.07, 6.45) is -0.295. The van der Waals surface area contributed by atoms with Crippen LogP contribution < -0.4 is 14.8 Å². The Labute approximate surface area is 167 Å². The van der Waals surface area contributed by atoms with Crippen LogP contribution in [0.25, 0.3) is 0 Å². The molecule has 0 saturated heterocycles. The third-order valence-corrected chi connectivity index (χ3v) is 4.73. The maximum absolute atomic E-state index is 12.5. The number of anilines is 1. The first-order valence-corrected chi connectivity index (χ1v) is 9.27. The fraction of sp³-hybridized carbons (Fsp3) is 0.421. The van der Waals surface area contributed by atoms with Crippen LogP contribution in [-0.2, 0) is 16.6 Å². The van der Waals surface area contributed by atoms with Crippen molar-refractivity contribution in [3.05, 3.63) is 34.1 Å². The van der Waals surface area contributed by atoms with Gasteiger partial charge in [0, 0.05) is 13.5 Å². The predicted octanol–water partition coefficient (Wildman–Crippen LogP) is 3.04. The number of hydrogen-bond donors (Lipinski definition) is 1. The fourth-order valence-corrected chi connectivity index (χ4v) is 3.08. The van der Waals surface area contributed by atoms with Crippen LogP contribution in [0, 0.1) is 13.8 Å². The summed E-state index contributed by atoms with van der Waals surface area (Å²) in [4.78, 5) is 24.9. The van der Waals surface area contributed by atoms with Crippen LogP contribution in [0.4, 0.5) is 5.69 Å². The van der Waals surface area contributed by atoms with Gasteiger partial charge in [-0.15, -0.1) is 0 Å². The number of esters is 1. The van der Waals surface area contributed by atoms with E-state index in [1.54, 1.807) is 18.7 Å². The van der Waals surface area contributed by atoms with Crippen molar-refractivity contribution in [1.29, 1.82) is 0 Å². The lowest BCUT2D eigenvalue weighted by Gasteiger charge is -2.15. The average Bonchev–Trinajstić information content (AvgIpc) is 2.84. The van der Waals surface area contributed by atoms with E-state index in [1.165, 1.54) is 19.1 Å². The second kappa shape index (κ2) is 8.10. The van der Waals surface area contributed by atoms with E-state index in [9.17, 15) is 9.59 Å². The number of amides is 1. The first-order chi connectivity index (χ1) is 13.3. The zero-order valence-electron chi connectivity index (χ0n) is 16.2. The van der Waals surface area contributed by atoms with E-state index < -0.39 is 18.0 Å². The van der Waals surface area contributed by atoms with E-state index in [0.29, 0.717) is 36.1 Å². The van der Waals surface area contributed by atoms with Crippen molar-refractivity contribution in [2.24, 2.45) is 7.05 Å². The number of halogens is 1. The van der Waals surface area contributed by atoms with Crippen molar-refractivity contribution in [1.82, 2.24) is 9.78 Å². The summed E-state index contributed by atoms with van der Waals surface area (Å²) >= 11 is 6.21. The second-order valence-electron chi connectivity index (χ2n) is 6.54. The molecule has 150 valence electrons. The minimum absolute atomic E-state index is 0.183. The number of rotatable bonds is 4. The smallest absolute Gasteiger partial charge is 0.339 e. The van der Waals surface area contributed by atoms with Gasteiger partial charge >= 0.3 is 5.97 Å². The van der Waals surface area contributed by atoms with E-state index in [0.717, 1.165) is 12.1 Å². The van der Waals surface area contributed by atoms with Crippen LogP contribution in [0.5, 0.6) is 11.5 Å². The Kier molecular flexibility index (Phi) is 5.79. The molecule has 0 fully saturated rings. The van der Waals surface area contributed by atoms with Gasteiger partial charge in [-0.3, -0.25) is 9.48 Å². The van der Waals surface area contributed by atoms with Gasteiger partial charge in [-0.25, -0.2) is 4.79 Å². The molecule has 1 atom stereocenters. The molecule has 8 nitrogen and oxygen atoms in total. The number of nitrogens with zero attached hydrogens (tertiary/aromatic N) is 2. The van der Waals surface area contributed by atoms with Gasteiger partial charge in [0.25, 0.3) is 5.91 Å². The molecule has 0 saturated carbocycles. The van der Waals surface area contributed by atoms with Crippen LogP contribution in [0.15, 0.2) is 12.1 Å². The Morgan fingerprint density at radius 1 is 1.29 bits per heavy atom. The molecule has 0 spiro atoms. The third kappa shape index (κ3) is 4.06. The molecule has 2 heterocycles. The Balaban J connectivity index is 1.71. The van der Waals surface area contributed by atoms with Crippen LogP contribution in [0.2, 0.25) is 5.02 Å². The van der Waals surface area contributed by atoms with Crippen molar-refractivity contribution in [3.63, 3.8) is 0 Å². The molecule has 3 rings (SSSR count). The minimum atomic E-state index is -1.01. The van der Waals surface area contributed by atoms with Crippen molar-refractivity contribution in [2.75, 3.05) is 18.5 Å². The van der Waals surface area contributed by atoms with Gasteiger partial charge in [0.2, 0.25) is 0 Å². The van der Waals surface area contributed by atoms with Gasteiger partial charge in [0.1, 0.15) is 0 Å². The summed E-state index contributed by atoms with van der Waals surface area (Å²) in [6, 6.07) is 2.95. The molecule has 1 aromatic carbocycles. The zero-order chi connectivity index (χ0) is 20.4. The average molecular weight is 408 g/mol. The highest BCUT2D eigenvalue weighted by Gasteiger charge is 2.24. The molecule has 1 aromatic heterocycles. The number of benzene rings is 1. The van der Waals surface area contributed by atoms with Crippen LogP contribution in [-0.4, -0.2) is 41.0 Å². The summed E-state index contributed by atoms with van der Waals surface area (Å²) in [5.41, 5.74) is 2.28. The van der Waals surface area contributed by atoms with Crippen molar-refractivity contribution < 1.29 is 23.8 Å². The van der Waals surface area contributed by atoms with Gasteiger partial charge in [-0.2, -0.15) is 5.10 Å². The molecule has 2 aromatic rings. The number of carbonyl (C=O) groups excluding carboxylic acids is 2. The molecule has 1 unspecified atom stereocenters. The largest absolute Gasteiger partial charge is 0.489 e. The van der Waals surface area contributed by atoms with Crippen molar-refractivity contribution >= 4 is 29.2 Å². The summed E-state index contributed by atoms with van der Waals surface area (Å²) in [5.74, 6) is -0.340. The maximum atomic E-state index is 12.5. The number of fused-ring (bicyclic) bond motifs is 1. The first-order valence-electron chi connectivity index (χ1n) is 8.89. The molecule has 0 bridgehead atoms. The molecule has 1 N–H and O–H groups in total. The molecule has 1 aliphatic rings. The maximum Gasteiger partial charge on any atom is 0.339 e. The van der Waals surface area contributed by atoms with Gasteiger partial charge in [-0.05, 0) is 32.9 Å². The summed E-state index contributed by atoms with van der Waals surface area (Å²) in [5, 5.41) is 7.25.